The predicted octanol–water partition coefficient (Wildman–Crippen LogP) is 2.77. The molecule has 1 heteroatoms. The molecule has 0 fully saturated rings. The smallest absolute Gasteiger partial charge is 0.0608 e. The second-order valence-electron chi connectivity index (χ2n) is 3.57. The highest BCUT2D eigenvalue weighted by Crippen LogP contribution is 2.25. The van der Waals surface area contributed by atoms with Crippen LogP contribution in [0, 0.1) is 5.92 Å². The quantitative estimate of drug-likeness (QED) is 0.556. The number of ether oxygens (including phenoxy) is 1. The highest BCUT2D eigenvalue weighted by atomic mass is 16.5. The van der Waals surface area contributed by atoms with Crippen LogP contribution in [0.5, 0.6) is 0 Å². The van der Waals surface area contributed by atoms with E-state index in [4.69, 9.17) is 4.74 Å². The second-order valence-corrected chi connectivity index (χ2v) is 3.57. The Kier molecular flexibility index (Phi) is 3.13. The molecule has 1 aliphatic rings. The zero-order valence-corrected chi connectivity index (χ0v) is 7.76. The summed E-state index contributed by atoms with van der Waals surface area (Å²) in [4.78, 5) is 0. The van der Waals surface area contributed by atoms with E-state index in [2.05, 4.69) is 19.9 Å². The molecule has 0 aliphatic heterocycles. The number of allylic oxidation sites excluding steroid dienone is 1. The summed E-state index contributed by atoms with van der Waals surface area (Å²) in [5.74, 6) is 0.729. The van der Waals surface area contributed by atoms with Crippen LogP contribution in [0.15, 0.2) is 11.6 Å². The molecule has 1 rings (SSSR count). The van der Waals surface area contributed by atoms with Crippen molar-refractivity contribution in [2.24, 2.45) is 5.92 Å². The number of hydrogen-bond donors (Lipinski definition) is 0. The summed E-state index contributed by atoms with van der Waals surface area (Å²) < 4.78 is 5.27. The summed E-state index contributed by atoms with van der Waals surface area (Å²) in [5, 5.41) is 0. The third kappa shape index (κ3) is 2.33. The number of methoxy groups -OCH3 is 1. The monoisotopic (exact) mass is 154 g/mol. The van der Waals surface area contributed by atoms with Crippen molar-refractivity contribution in [3.8, 4) is 0 Å². The van der Waals surface area contributed by atoms with E-state index in [9.17, 15) is 0 Å². The first-order valence-corrected chi connectivity index (χ1v) is 4.45. The Balaban J connectivity index is 2.44. The lowest BCUT2D eigenvalue weighted by Crippen LogP contribution is -2.15. The van der Waals surface area contributed by atoms with Crippen LogP contribution in [0.2, 0.25) is 0 Å². The summed E-state index contributed by atoms with van der Waals surface area (Å²) in [6, 6.07) is 0. The topological polar surface area (TPSA) is 9.23 Å². The summed E-state index contributed by atoms with van der Waals surface area (Å²) in [5.41, 5.74) is 1.61. The molecule has 0 saturated heterocycles. The molecule has 1 aliphatic carbocycles. The van der Waals surface area contributed by atoms with Gasteiger partial charge in [-0.1, -0.05) is 25.5 Å². The van der Waals surface area contributed by atoms with Gasteiger partial charge in [0.2, 0.25) is 0 Å². The molecule has 0 spiro atoms. The molecule has 0 radical (unpaired) electrons. The number of rotatable bonds is 2. The van der Waals surface area contributed by atoms with Gasteiger partial charge in [-0.3, -0.25) is 0 Å². The zero-order chi connectivity index (χ0) is 8.27. The molecule has 0 saturated carbocycles. The van der Waals surface area contributed by atoms with Gasteiger partial charge in [-0.15, -0.1) is 0 Å². The molecule has 1 nitrogen and oxygen atoms in total. The first-order chi connectivity index (χ1) is 5.24. The van der Waals surface area contributed by atoms with Crippen molar-refractivity contribution < 1.29 is 4.74 Å². The molecule has 64 valence electrons. The summed E-state index contributed by atoms with van der Waals surface area (Å²) in [6.45, 7) is 4.53. The summed E-state index contributed by atoms with van der Waals surface area (Å²) in [6.07, 6.45) is 6.39. The van der Waals surface area contributed by atoms with Crippen molar-refractivity contribution in [1.29, 1.82) is 0 Å². The fraction of sp³-hybridized carbons (Fsp3) is 0.800. The van der Waals surface area contributed by atoms with Crippen molar-refractivity contribution in [1.82, 2.24) is 0 Å². The van der Waals surface area contributed by atoms with Crippen LogP contribution < -0.4 is 0 Å². The van der Waals surface area contributed by atoms with E-state index in [0.717, 1.165) is 12.3 Å². The maximum atomic E-state index is 5.27. The van der Waals surface area contributed by atoms with Crippen LogP contribution in [-0.2, 0) is 4.74 Å². The van der Waals surface area contributed by atoms with Gasteiger partial charge in [-0.05, 0) is 25.2 Å². The van der Waals surface area contributed by atoms with Crippen molar-refractivity contribution in [2.75, 3.05) is 7.11 Å². The van der Waals surface area contributed by atoms with E-state index in [0.29, 0.717) is 6.10 Å². The molecular formula is C10H18O. The predicted molar refractivity (Wildman–Crippen MR) is 47.6 cm³/mol. The largest absolute Gasteiger partial charge is 0.381 e. The average Bonchev–Trinajstić information content (AvgIpc) is 2.05. The maximum Gasteiger partial charge on any atom is 0.0608 e. The molecule has 0 N–H and O–H groups in total. The van der Waals surface area contributed by atoms with Crippen LogP contribution in [0.1, 0.15) is 33.1 Å². The van der Waals surface area contributed by atoms with Gasteiger partial charge >= 0.3 is 0 Å². The van der Waals surface area contributed by atoms with E-state index in [1.807, 2.05) is 0 Å². The molecule has 0 aromatic rings. The van der Waals surface area contributed by atoms with Gasteiger partial charge in [-0.2, -0.15) is 0 Å². The molecule has 1 unspecified atom stereocenters. The van der Waals surface area contributed by atoms with Gasteiger partial charge in [0.25, 0.3) is 0 Å². The van der Waals surface area contributed by atoms with Crippen LogP contribution in [-0.4, -0.2) is 13.2 Å². The lowest BCUT2D eigenvalue weighted by atomic mass is 9.90. The van der Waals surface area contributed by atoms with Crippen molar-refractivity contribution >= 4 is 0 Å². The maximum absolute atomic E-state index is 5.27. The highest BCUT2D eigenvalue weighted by Gasteiger charge is 2.14. The Morgan fingerprint density at radius 2 is 2.27 bits per heavy atom. The van der Waals surface area contributed by atoms with E-state index in [1.54, 1.807) is 12.7 Å². The van der Waals surface area contributed by atoms with Gasteiger partial charge in [0.1, 0.15) is 0 Å². The Bertz CT molecular complexity index is 147. The van der Waals surface area contributed by atoms with Crippen LogP contribution >= 0.6 is 0 Å². The molecule has 0 bridgehead atoms. The van der Waals surface area contributed by atoms with Gasteiger partial charge in [0, 0.05) is 7.11 Å². The molecule has 11 heavy (non-hydrogen) atoms. The Hall–Kier alpha value is -0.300. The van der Waals surface area contributed by atoms with Crippen LogP contribution in [0.4, 0.5) is 0 Å². The highest BCUT2D eigenvalue weighted by molar-refractivity contribution is 5.09. The SMILES string of the molecule is COC1CC=C(C(C)C)CC1. The van der Waals surface area contributed by atoms with Crippen molar-refractivity contribution in [3.63, 3.8) is 0 Å². The minimum absolute atomic E-state index is 0.484. The lowest BCUT2D eigenvalue weighted by molar-refractivity contribution is 0.0931. The molecule has 0 heterocycles. The van der Waals surface area contributed by atoms with Crippen molar-refractivity contribution in [2.45, 2.75) is 39.2 Å². The molecular weight excluding hydrogens is 136 g/mol. The molecule has 1 atom stereocenters. The fourth-order valence-electron chi connectivity index (χ4n) is 1.57. The summed E-state index contributed by atoms with van der Waals surface area (Å²) >= 11 is 0. The van der Waals surface area contributed by atoms with Gasteiger partial charge < -0.3 is 4.74 Å². The van der Waals surface area contributed by atoms with E-state index < -0.39 is 0 Å². The Morgan fingerprint density at radius 1 is 1.55 bits per heavy atom. The van der Waals surface area contributed by atoms with Gasteiger partial charge in [-0.25, -0.2) is 0 Å². The molecule has 0 aromatic carbocycles. The van der Waals surface area contributed by atoms with E-state index >= 15 is 0 Å². The molecule has 0 amide bonds. The first-order valence-electron chi connectivity index (χ1n) is 4.45. The second kappa shape index (κ2) is 3.91. The van der Waals surface area contributed by atoms with E-state index in [1.165, 1.54) is 12.8 Å². The zero-order valence-electron chi connectivity index (χ0n) is 7.76. The first kappa shape index (κ1) is 8.79. The van der Waals surface area contributed by atoms with Crippen LogP contribution in [0.3, 0.4) is 0 Å². The van der Waals surface area contributed by atoms with Gasteiger partial charge in [0.15, 0.2) is 0 Å². The van der Waals surface area contributed by atoms with Crippen molar-refractivity contribution in [3.05, 3.63) is 11.6 Å². The number of hydrogen-bond acceptors (Lipinski definition) is 1. The fourth-order valence-corrected chi connectivity index (χ4v) is 1.57. The average molecular weight is 154 g/mol. The summed E-state index contributed by atoms with van der Waals surface area (Å²) in [7, 11) is 1.80. The van der Waals surface area contributed by atoms with Crippen LogP contribution in [0.25, 0.3) is 0 Å². The normalized spacial score (nSPS) is 25.5. The standard InChI is InChI=1S/C10H18O/c1-8(2)9-4-6-10(11-3)7-5-9/h4,8,10H,5-7H2,1-3H3. The Labute approximate surface area is 69.4 Å². The van der Waals surface area contributed by atoms with Gasteiger partial charge in [0.05, 0.1) is 6.10 Å². The minimum Gasteiger partial charge on any atom is -0.381 e. The third-order valence-corrected chi connectivity index (χ3v) is 2.47. The third-order valence-electron chi connectivity index (χ3n) is 2.47. The Morgan fingerprint density at radius 3 is 2.64 bits per heavy atom. The molecule has 0 aromatic heterocycles. The van der Waals surface area contributed by atoms with E-state index in [-0.39, 0.29) is 0 Å². The minimum atomic E-state index is 0.484. The lowest BCUT2D eigenvalue weighted by Gasteiger charge is -2.22.